The SMILES string of the molecule is CCOc1cc(C(C)(C)C)ccc1C1=NC(c2ccc(Cl)cc2)C(c2ccc(Cl)cc2)N1C(=O)N1CCC(C(=O)Nc2ccc(/C=C/C(=O)NO)cc2)CC1. The number of amidine groups is 1. The molecule has 1 fully saturated rings. The summed E-state index contributed by atoms with van der Waals surface area (Å²) in [6, 6.07) is 27.0. The molecule has 0 aliphatic carbocycles. The van der Waals surface area contributed by atoms with Crippen LogP contribution in [0.1, 0.15) is 80.4 Å². The van der Waals surface area contributed by atoms with Crippen LogP contribution in [-0.2, 0) is 15.0 Å². The van der Waals surface area contributed by atoms with Crippen molar-refractivity contribution in [1.29, 1.82) is 0 Å². The number of hydrogen-bond acceptors (Lipinski definition) is 6. The Hall–Kier alpha value is -5.16. The van der Waals surface area contributed by atoms with Crippen molar-refractivity contribution in [3.63, 3.8) is 0 Å². The number of hydroxylamine groups is 1. The summed E-state index contributed by atoms with van der Waals surface area (Å²) < 4.78 is 6.25. The van der Waals surface area contributed by atoms with Crippen LogP contribution in [0.2, 0.25) is 10.0 Å². The quantitative estimate of drug-likeness (QED) is 0.0888. The smallest absolute Gasteiger partial charge is 0.326 e. The second-order valence-corrected chi connectivity index (χ2v) is 15.5. The summed E-state index contributed by atoms with van der Waals surface area (Å²) in [6.07, 6.45) is 3.71. The van der Waals surface area contributed by atoms with Crippen LogP contribution in [-0.4, -0.2) is 58.4 Å². The number of hydrogen-bond donors (Lipinski definition) is 3. The Morgan fingerprint density at radius 2 is 1.51 bits per heavy atom. The predicted octanol–water partition coefficient (Wildman–Crippen LogP) is 9.22. The van der Waals surface area contributed by atoms with Gasteiger partial charge in [-0.2, -0.15) is 0 Å². The fourth-order valence-electron chi connectivity index (χ4n) is 6.92. The molecule has 286 valence electrons. The Balaban J connectivity index is 1.30. The van der Waals surface area contributed by atoms with E-state index < -0.39 is 18.0 Å². The molecule has 6 rings (SSSR count). The van der Waals surface area contributed by atoms with E-state index in [1.165, 1.54) is 6.08 Å². The Morgan fingerprint density at radius 1 is 0.891 bits per heavy atom. The van der Waals surface area contributed by atoms with Gasteiger partial charge in [0.1, 0.15) is 17.6 Å². The average molecular weight is 783 g/mol. The lowest BCUT2D eigenvalue weighted by molar-refractivity contribution is -0.124. The molecular weight excluding hydrogens is 737 g/mol. The second kappa shape index (κ2) is 17.1. The fraction of sp³-hybridized carbons (Fsp3) is 0.302. The highest BCUT2D eigenvalue weighted by atomic mass is 35.5. The van der Waals surface area contributed by atoms with Gasteiger partial charge in [0.05, 0.1) is 18.2 Å². The van der Waals surface area contributed by atoms with Gasteiger partial charge in [-0.25, -0.2) is 10.3 Å². The average Bonchev–Trinajstić information content (AvgIpc) is 3.58. The minimum atomic E-state index is -0.637. The maximum absolute atomic E-state index is 15.0. The number of carbonyl (C=O) groups is 3. The molecule has 0 saturated carbocycles. The van der Waals surface area contributed by atoms with Gasteiger partial charge in [-0.3, -0.25) is 24.7 Å². The van der Waals surface area contributed by atoms with E-state index in [0.717, 1.165) is 22.3 Å². The first-order valence-electron chi connectivity index (χ1n) is 18.3. The number of halogens is 2. The van der Waals surface area contributed by atoms with E-state index in [1.807, 2.05) is 67.6 Å². The number of piperidine rings is 1. The fourth-order valence-corrected chi connectivity index (χ4v) is 7.17. The van der Waals surface area contributed by atoms with Crippen LogP contribution in [0.15, 0.2) is 102 Å². The normalized spacial score (nSPS) is 17.6. The Labute approximate surface area is 331 Å². The number of ether oxygens (including phenoxy) is 1. The highest BCUT2D eigenvalue weighted by molar-refractivity contribution is 6.30. The number of anilines is 1. The first kappa shape index (κ1) is 39.5. The number of urea groups is 1. The summed E-state index contributed by atoms with van der Waals surface area (Å²) in [5, 5.41) is 12.9. The number of nitrogens with zero attached hydrogens (tertiary/aromatic N) is 3. The molecule has 2 unspecified atom stereocenters. The summed E-state index contributed by atoms with van der Waals surface area (Å²) >= 11 is 12.7. The van der Waals surface area contributed by atoms with Crippen molar-refractivity contribution >= 4 is 58.6 Å². The second-order valence-electron chi connectivity index (χ2n) is 14.7. The number of nitrogens with one attached hydrogen (secondary N) is 2. The van der Waals surface area contributed by atoms with Gasteiger partial charge in [0.15, 0.2) is 0 Å². The van der Waals surface area contributed by atoms with Crippen LogP contribution in [0.4, 0.5) is 10.5 Å². The zero-order chi connectivity index (χ0) is 39.3. The third-order valence-electron chi connectivity index (χ3n) is 9.94. The summed E-state index contributed by atoms with van der Waals surface area (Å²) in [5.74, 6) is 0.0899. The first-order chi connectivity index (χ1) is 26.4. The first-order valence-corrected chi connectivity index (χ1v) is 19.1. The van der Waals surface area contributed by atoms with Gasteiger partial charge in [0, 0.05) is 40.8 Å². The van der Waals surface area contributed by atoms with Crippen molar-refractivity contribution in [3.05, 3.63) is 135 Å². The number of benzene rings is 4. The Morgan fingerprint density at radius 3 is 2.09 bits per heavy atom. The van der Waals surface area contributed by atoms with Crippen LogP contribution in [0.25, 0.3) is 6.08 Å². The van der Waals surface area contributed by atoms with Crippen LogP contribution < -0.4 is 15.5 Å². The molecule has 4 amide bonds. The van der Waals surface area contributed by atoms with Gasteiger partial charge in [0.25, 0.3) is 5.91 Å². The molecule has 4 aromatic carbocycles. The van der Waals surface area contributed by atoms with Crippen molar-refractivity contribution in [3.8, 4) is 5.75 Å². The molecule has 1 saturated heterocycles. The molecule has 2 aliphatic heterocycles. The Bertz CT molecular complexity index is 2070. The summed E-state index contributed by atoms with van der Waals surface area (Å²) in [4.78, 5) is 48.6. The molecule has 2 aliphatic rings. The van der Waals surface area contributed by atoms with E-state index in [0.29, 0.717) is 65.4 Å². The number of likely N-dealkylation sites (tertiary alicyclic amines) is 1. The Kier molecular flexibility index (Phi) is 12.3. The van der Waals surface area contributed by atoms with Crippen molar-refractivity contribution in [2.75, 3.05) is 25.0 Å². The van der Waals surface area contributed by atoms with Crippen LogP contribution >= 0.6 is 23.2 Å². The van der Waals surface area contributed by atoms with E-state index in [1.54, 1.807) is 45.6 Å². The maximum atomic E-state index is 15.0. The van der Waals surface area contributed by atoms with Gasteiger partial charge >= 0.3 is 6.03 Å². The van der Waals surface area contributed by atoms with E-state index in [9.17, 15) is 9.59 Å². The zero-order valence-corrected chi connectivity index (χ0v) is 32.8. The van der Waals surface area contributed by atoms with Crippen LogP contribution in [0.5, 0.6) is 5.75 Å². The highest BCUT2D eigenvalue weighted by Crippen LogP contribution is 2.46. The minimum Gasteiger partial charge on any atom is -0.493 e. The van der Waals surface area contributed by atoms with E-state index in [4.69, 9.17) is 38.1 Å². The lowest BCUT2D eigenvalue weighted by Crippen LogP contribution is -2.50. The molecule has 4 aromatic rings. The molecule has 55 heavy (non-hydrogen) atoms. The molecule has 0 spiro atoms. The molecule has 2 heterocycles. The third kappa shape index (κ3) is 9.21. The molecule has 0 aromatic heterocycles. The van der Waals surface area contributed by atoms with E-state index in [2.05, 4.69) is 32.2 Å². The standard InChI is InChI=1S/C43H45Cl2N5O5/c1-5-55-36-26-31(43(2,3)4)13-20-35(36)40-47-38(28-9-14-32(44)15-10-28)39(29-11-16-33(45)17-12-29)50(40)42(53)49-24-22-30(23-25-49)41(52)46-34-18-6-27(7-19-34)8-21-37(51)48-54/h6-21,26,30,38-39,54H,5,22-25H2,1-4H3,(H,46,52)(H,48,51)/b21-8+. The predicted molar refractivity (Wildman–Crippen MR) is 217 cm³/mol. The number of amides is 4. The highest BCUT2D eigenvalue weighted by Gasteiger charge is 2.45. The lowest BCUT2D eigenvalue weighted by atomic mass is 9.86. The van der Waals surface area contributed by atoms with Gasteiger partial charge in [-0.05, 0) is 102 Å². The molecule has 12 heteroatoms. The zero-order valence-electron chi connectivity index (χ0n) is 31.3. The van der Waals surface area contributed by atoms with Crippen molar-refractivity contribution < 1.29 is 24.3 Å². The topological polar surface area (TPSA) is 124 Å². The number of rotatable bonds is 9. The maximum Gasteiger partial charge on any atom is 0.326 e. The summed E-state index contributed by atoms with van der Waals surface area (Å²) in [5.41, 5.74) is 6.34. The van der Waals surface area contributed by atoms with Gasteiger partial charge in [0.2, 0.25) is 5.91 Å². The van der Waals surface area contributed by atoms with E-state index in [-0.39, 0.29) is 23.3 Å². The molecule has 2 atom stereocenters. The third-order valence-corrected chi connectivity index (χ3v) is 10.4. The summed E-state index contributed by atoms with van der Waals surface area (Å²) in [7, 11) is 0. The minimum absolute atomic E-state index is 0.124. The molecule has 0 bridgehead atoms. The van der Waals surface area contributed by atoms with Crippen LogP contribution in [0, 0.1) is 5.92 Å². The van der Waals surface area contributed by atoms with Crippen molar-refractivity contribution in [2.45, 2.75) is 58.0 Å². The lowest BCUT2D eigenvalue weighted by Gasteiger charge is -2.37. The molecular formula is C43H45Cl2N5O5. The molecule has 0 radical (unpaired) electrons. The van der Waals surface area contributed by atoms with Crippen molar-refractivity contribution in [1.82, 2.24) is 15.3 Å². The van der Waals surface area contributed by atoms with Crippen LogP contribution in [0.3, 0.4) is 0 Å². The number of carbonyl (C=O) groups excluding carboxylic acids is 3. The number of aliphatic imine (C=N–C) groups is 1. The monoisotopic (exact) mass is 781 g/mol. The van der Waals surface area contributed by atoms with Crippen molar-refractivity contribution in [2.24, 2.45) is 10.9 Å². The molecule has 10 nitrogen and oxygen atoms in total. The largest absolute Gasteiger partial charge is 0.493 e. The summed E-state index contributed by atoms with van der Waals surface area (Å²) in [6.45, 7) is 9.56. The molecule has 3 N–H and O–H groups in total. The van der Waals surface area contributed by atoms with E-state index >= 15 is 4.79 Å². The van der Waals surface area contributed by atoms with Gasteiger partial charge < -0.3 is 15.0 Å². The van der Waals surface area contributed by atoms with Gasteiger partial charge in [-0.15, -0.1) is 0 Å². The van der Waals surface area contributed by atoms with Gasteiger partial charge in [-0.1, -0.05) is 86.4 Å².